The van der Waals surface area contributed by atoms with E-state index in [4.69, 9.17) is 0 Å². The third kappa shape index (κ3) is 6.77. The number of rotatable bonds is 8. The van der Waals surface area contributed by atoms with Gasteiger partial charge in [-0.05, 0) is 126 Å². The zero-order valence-electron chi connectivity index (χ0n) is 31.5. The normalized spacial score (nSPS) is 11.2. The predicted octanol–water partition coefficient (Wildman–Crippen LogP) is 15.8. The van der Waals surface area contributed by atoms with Gasteiger partial charge in [-0.2, -0.15) is 0 Å². The van der Waals surface area contributed by atoms with Crippen molar-refractivity contribution in [2.24, 2.45) is 0 Å². The molecule has 0 unspecified atom stereocenters. The summed E-state index contributed by atoms with van der Waals surface area (Å²) < 4.78 is 0. The first-order chi connectivity index (χ1) is 28.2. The molecular weight excluding hydrogens is 687 g/mol. The summed E-state index contributed by atoms with van der Waals surface area (Å²) in [5.74, 6) is 0. The molecule has 268 valence electrons. The van der Waals surface area contributed by atoms with Crippen LogP contribution in [0.5, 0.6) is 0 Å². The summed E-state index contributed by atoms with van der Waals surface area (Å²) in [5.41, 5.74) is 15.2. The van der Waals surface area contributed by atoms with Crippen LogP contribution in [0.25, 0.3) is 77.2 Å². The van der Waals surface area contributed by atoms with Gasteiger partial charge in [-0.1, -0.05) is 188 Å². The van der Waals surface area contributed by atoms with Crippen molar-refractivity contribution in [3.63, 3.8) is 0 Å². The summed E-state index contributed by atoms with van der Waals surface area (Å²) in [4.78, 5) is 2.38. The second-order valence-corrected chi connectivity index (χ2v) is 14.6. The summed E-state index contributed by atoms with van der Waals surface area (Å²) >= 11 is 0. The molecule has 0 aliphatic carbocycles. The Kier molecular flexibility index (Phi) is 8.95. The quantitative estimate of drug-likeness (QED) is 0.141. The first-order valence-electron chi connectivity index (χ1n) is 19.6. The van der Waals surface area contributed by atoms with E-state index in [1.807, 2.05) is 0 Å². The lowest BCUT2D eigenvalue weighted by Gasteiger charge is -2.27. The molecule has 10 aromatic rings. The molecular formula is C56H39N. The Morgan fingerprint density at radius 1 is 0.211 bits per heavy atom. The zero-order chi connectivity index (χ0) is 38.0. The van der Waals surface area contributed by atoms with E-state index in [0.717, 1.165) is 17.1 Å². The van der Waals surface area contributed by atoms with Crippen molar-refractivity contribution in [3.8, 4) is 55.6 Å². The second kappa shape index (κ2) is 15.0. The van der Waals surface area contributed by atoms with Crippen LogP contribution in [0.1, 0.15) is 0 Å². The third-order valence-electron chi connectivity index (χ3n) is 11.0. The summed E-state index contributed by atoms with van der Waals surface area (Å²) in [6, 6.07) is 85.6. The van der Waals surface area contributed by atoms with Gasteiger partial charge in [0.15, 0.2) is 0 Å². The van der Waals surface area contributed by atoms with Gasteiger partial charge in [0.25, 0.3) is 0 Å². The van der Waals surface area contributed by atoms with Crippen molar-refractivity contribution in [1.29, 1.82) is 0 Å². The summed E-state index contributed by atoms with van der Waals surface area (Å²) in [6.07, 6.45) is 0. The Morgan fingerprint density at radius 2 is 0.579 bits per heavy atom. The number of benzene rings is 10. The van der Waals surface area contributed by atoms with Crippen molar-refractivity contribution in [1.82, 2.24) is 0 Å². The van der Waals surface area contributed by atoms with Crippen molar-refractivity contribution in [2.75, 3.05) is 4.90 Å². The molecule has 0 spiro atoms. The molecule has 0 fully saturated rings. The fourth-order valence-corrected chi connectivity index (χ4v) is 8.15. The van der Waals surface area contributed by atoms with E-state index in [9.17, 15) is 0 Å². The smallest absolute Gasteiger partial charge is 0.0473 e. The molecule has 0 heterocycles. The first kappa shape index (κ1) is 34.0. The molecule has 0 radical (unpaired) electrons. The van der Waals surface area contributed by atoms with Crippen LogP contribution in [0.4, 0.5) is 17.1 Å². The van der Waals surface area contributed by atoms with Crippen LogP contribution in [0, 0.1) is 0 Å². The van der Waals surface area contributed by atoms with E-state index < -0.39 is 0 Å². The SMILES string of the molecule is c1ccc(-c2ccc(N(c3ccc(-c4ccc(-c5cc6ccccc6c6ccccc56)cc4)cc3)c3cc(-c4ccccc4)cc(-c4ccccc4)c3)cc2)cc1. The molecule has 0 aliphatic rings. The molecule has 0 bridgehead atoms. The number of fused-ring (bicyclic) bond motifs is 3. The Balaban J connectivity index is 1.05. The molecule has 0 amide bonds. The minimum absolute atomic E-state index is 1.09. The maximum absolute atomic E-state index is 2.38. The van der Waals surface area contributed by atoms with Gasteiger partial charge in [-0.3, -0.25) is 0 Å². The molecule has 10 rings (SSSR count). The van der Waals surface area contributed by atoms with Gasteiger partial charge in [0, 0.05) is 17.1 Å². The largest absolute Gasteiger partial charge is 0.310 e. The highest BCUT2D eigenvalue weighted by molar-refractivity contribution is 6.13. The zero-order valence-corrected chi connectivity index (χ0v) is 31.5. The van der Waals surface area contributed by atoms with Gasteiger partial charge in [0.1, 0.15) is 0 Å². The number of anilines is 3. The molecule has 0 aliphatic heterocycles. The lowest BCUT2D eigenvalue weighted by Crippen LogP contribution is -2.10. The molecule has 10 aromatic carbocycles. The maximum Gasteiger partial charge on any atom is 0.0473 e. The van der Waals surface area contributed by atoms with Crippen molar-refractivity contribution >= 4 is 38.6 Å². The van der Waals surface area contributed by atoms with Crippen LogP contribution in [0.15, 0.2) is 237 Å². The highest BCUT2D eigenvalue weighted by atomic mass is 15.1. The van der Waals surface area contributed by atoms with Gasteiger partial charge in [0.2, 0.25) is 0 Å². The van der Waals surface area contributed by atoms with E-state index in [2.05, 4.69) is 241 Å². The Morgan fingerprint density at radius 3 is 1.09 bits per heavy atom. The number of hydrogen-bond acceptors (Lipinski definition) is 1. The predicted molar refractivity (Wildman–Crippen MR) is 243 cm³/mol. The average molecular weight is 726 g/mol. The van der Waals surface area contributed by atoms with Crippen molar-refractivity contribution < 1.29 is 0 Å². The monoisotopic (exact) mass is 725 g/mol. The van der Waals surface area contributed by atoms with Gasteiger partial charge >= 0.3 is 0 Å². The van der Waals surface area contributed by atoms with Gasteiger partial charge in [-0.15, -0.1) is 0 Å². The van der Waals surface area contributed by atoms with E-state index in [0.29, 0.717) is 0 Å². The molecule has 0 aromatic heterocycles. The minimum atomic E-state index is 1.09. The van der Waals surface area contributed by atoms with Crippen LogP contribution in [-0.2, 0) is 0 Å². The third-order valence-corrected chi connectivity index (χ3v) is 11.0. The molecule has 57 heavy (non-hydrogen) atoms. The van der Waals surface area contributed by atoms with Gasteiger partial charge in [0.05, 0.1) is 0 Å². The molecule has 0 N–H and O–H groups in total. The van der Waals surface area contributed by atoms with Crippen LogP contribution in [0.2, 0.25) is 0 Å². The van der Waals surface area contributed by atoms with Crippen molar-refractivity contribution in [2.45, 2.75) is 0 Å². The highest BCUT2D eigenvalue weighted by Crippen LogP contribution is 2.41. The molecule has 0 saturated carbocycles. The molecule has 0 atom stereocenters. The first-order valence-corrected chi connectivity index (χ1v) is 19.6. The van der Waals surface area contributed by atoms with Crippen molar-refractivity contribution in [3.05, 3.63) is 237 Å². The molecule has 0 saturated heterocycles. The van der Waals surface area contributed by atoms with Crippen LogP contribution in [-0.4, -0.2) is 0 Å². The molecule has 1 heteroatoms. The van der Waals surface area contributed by atoms with E-state index >= 15 is 0 Å². The number of hydrogen-bond donors (Lipinski definition) is 0. The highest BCUT2D eigenvalue weighted by Gasteiger charge is 2.17. The van der Waals surface area contributed by atoms with E-state index in [1.54, 1.807) is 0 Å². The van der Waals surface area contributed by atoms with Crippen LogP contribution >= 0.6 is 0 Å². The second-order valence-electron chi connectivity index (χ2n) is 14.6. The standard InChI is InChI=1S/C56H39N/c1-4-14-40(15-5-1)44-28-32-50(33-29-44)57(52-37-48(41-16-6-2-7-17-41)36-49(38-52)42-18-8-3-9-19-42)51-34-30-45(31-35-51)43-24-26-46(27-25-43)56-39-47-20-10-11-21-53(47)54-22-12-13-23-55(54)56/h1-39H. The van der Waals surface area contributed by atoms with Crippen LogP contribution < -0.4 is 4.90 Å². The van der Waals surface area contributed by atoms with Gasteiger partial charge < -0.3 is 4.90 Å². The Labute approximate surface area is 334 Å². The van der Waals surface area contributed by atoms with E-state index in [-0.39, 0.29) is 0 Å². The molecule has 1 nitrogen and oxygen atoms in total. The van der Waals surface area contributed by atoms with Crippen LogP contribution in [0.3, 0.4) is 0 Å². The average Bonchev–Trinajstić information content (AvgIpc) is 3.30. The topological polar surface area (TPSA) is 3.24 Å². The fourth-order valence-electron chi connectivity index (χ4n) is 8.15. The summed E-state index contributed by atoms with van der Waals surface area (Å²) in [6.45, 7) is 0. The maximum atomic E-state index is 2.38. The van der Waals surface area contributed by atoms with E-state index in [1.165, 1.54) is 77.2 Å². The number of nitrogens with zero attached hydrogens (tertiary/aromatic N) is 1. The summed E-state index contributed by atoms with van der Waals surface area (Å²) in [7, 11) is 0. The fraction of sp³-hybridized carbons (Fsp3) is 0. The lowest BCUT2D eigenvalue weighted by atomic mass is 9.92. The minimum Gasteiger partial charge on any atom is -0.310 e. The lowest BCUT2D eigenvalue weighted by molar-refractivity contribution is 1.28. The van der Waals surface area contributed by atoms with Gasteiger partial charge in [-0.25, -0.2) is 0 Å². The Bertz CT molecular complexity index is 2890. The summed E-state index contributed by atoms with van der Waals surface area (Å²) in [5, 5.41) is 5.11. The Hall–Kier alpha value is -7.48.